The van der Waals surface area contributed by atoms with Gasteiger partial charge in [-0.3, -0.25) is 4.90 Å². The first-order chi connectivity index (χ1) is 13.5. The number of morpholine rings is 1. The van der Waals surface area contributed by atoms with Crippen molar-refractivity contribution in [3.05, 3.63) is 23.9 Å². The summed E-state index contributed by atoms with van der Waals surface area (Å²) >= 11 is 0. The first kappa shape index (κ1) is 25.9. The summed E-state index contributed by atoms with van der Waals surface area (Å²) in [7, 11) is 0. The molecule has 29 heavy (non-hydrogen) atoms. The first-order valence-corrected chi connectivity index (χ1v) is 10.5. The summed E-state index contributed by atoms with van der Waals surface area (Å²) in [4.78, 5) is 14.1. The van der Waals surface area contributed by atoms with Crippen LogP contribution in [0.3, 0.4) is 0 Å². The molecular weight excluding hydrogens is 479 g/mol. The molecule has 1 aromatic rings. The topological polar surface area (TPSA) is 65.0 Å². The third-order valence-electron chi connectivity index (χ3n) is 5.22. The van der Waals surface area contributed by atoms with Gasteiger partial charge >= 0.3 is 0 Å². The van der Waals surface area contributed by atoms with Crippen molar-refractivity contribution in [2.24, 2.45) is 4.99 Å². The van der Waals surface area contributed by atoms with E-state index in [9.17, 15) is 0 Å². The Labute approximate surface area is 193 Å². The maximum Gasteiger partial charge on any atom is 0.191 e. The summed E-state index contributed by atoms with van der Waals surface area (Å²) in [6, 6.07) is 4.20. The Kier molecular flexibility index (Phi) is 11.8. The molecule has 0 unspecified atom stereocenters. The van der Waals surface area contributed by atoms with E-state index >= 15 is 0 Å². The molecular formula is C21H39IN6O. The fourth-order valence-corrected chi connectivity index (χ4v) is 3.34. The number of rotatable bonds is 9. The largest absolute Gasteiger partial charge is 0.379 e. The molecule has 0 bridgehead atoms. The van der Waals surface area contributed by atoms with E-state index in [1.54, 1.807) is 0 Å². The molecule has 2 heterocycles. The van der Waals surface area contributed by atoms with Gasteiger partial charge < -0.3 is 20.3 Å². The van der Waals surface area contributed by atoms with E-state index in [0.29, 0.717) is 6.54 Å². The van der Waals surface area contributed by atoms with Crippen molar-refractivity contribution in [1.29, 1.82) is 0 Å². The molecule has 8 heteroatoms. The average Bonchev–Trinajstić information content (AvgIpc) is 2.72. The van der Waals surface area contributed by atoms with Gasteiger partial charge in [-0.15, -0.1) is 24.0 Å². The molecule has 0 saturated carbocycles. The van der Waals surface area contributed by atoms with Crippen LogP contribution in [0.2, 0.25) is 0 Å². The smallest absolute Gasteiger partial charge is 0.191 e. The van der Waals surface area contributed by atoms with Crippen LogP contribution in [0.5, 0.6) is 0 Å². The van der Waals surface area contributed by atoms with Gasteiger partial charge in [-0.25, -0.2) is 9.98 Å². The van der Waals surface area contributed by atoms with Crippen molar-refractivity contribution in [3.8, 4) is 0 Å². The van der Waals surface area contributed by atoms with E-state index in [2.05, 4.69) is 72.2 Å². The van der Waals surface area contributed by atoms with Crippen LogP contribution < -0.4 is 15.5 Å². The summed E-state index contributed by atoms with van der Waals surface area (Å²) in [5, 5.41) is 6.85. The molecule has 1 saturated heterocycles. The average molecular weight is 518 g/mol. The third-order valence-corrected chi connectivity index (χ3v) is 5.22. The normalized spacial score (nSPS) is 15.6. The van der Waals surface area contributed by atoms with Crippen molar-refractivity contribution in [2.75, 3.05) is 57.4 Å². The van der Waals surface area contributed by atoms with Gasteiger partial charge in [0, 0.05) is 51.0 Å². The zero-order chi connectivity index (χ0) is 20.4. The van der Waals surface area contributed by atoms with E-state index in [-0.39, 0.29) is 29.5 Å². The van der Waals surface area contributed by atoms with Crippen LogP contribution in [-0.2, 0) is 11.3 Å². The molecule has 1 aliphatic heterocycles. The number of aromatic nitrogens is 1. The van der Waals surface area contributed by atoms with E-state index in [1.165, 1.54) is 0 Å². The monoisotopic (exact) mass is 518 g/mol. The van der Waals surface area contributed by atoms with Gasteiger partial charge in [-0.1, -0.05) is 6.07 Å². The predicted molar refractivity (Wildman–Crippen MR) is 133 cm³/mol. The molecule has 7 nitrogen and oxygen atoms in total. The van der Waals surface area contributed by atoms with E-state index < -0.39 is 0 Å². The van der Waals surface area contributed by atoms with Gasteiger partial charge in [0.25, 0.3) is 0 Å². The molecule has 0 aliphatic carbocycles. The van der Waals surface area contributed by atoms with Crippen LogP contribution >= 0.6 is 24.0 Å². The highest BCUT2D eigenvalue weighted by Gasteiger charge is 2.28. The second-order valence-corrected chi connectivity index (χ2v) is 7.66. The maximum absolute atomic E-state index is 5.48. The lowest BCUT2D eigenvalue weighted by molar-refractivity contribution is -0.00834. The Morgan fingerprint density at radius 2 is 1.86 bits per heavy atom. The second kappa shape index (κ2) is 13.2. The number of halogens is 1. The fourth-order valence-electron chi connectivity index (χ4n) is 3.34. The van der Waals surface area contributed by atoms with Crippen LogP contribution in [0, 0.1) is 0 Å². The van der Waals surface area contributed by atoms with Gasteiger partial charge in [-0.2, -0.15) is 0 Å². The minimum atomic E-state index is 0. The van der Waals surface area contributed by atoms with Crippen LogP contribution in [0.1, 0.15) is 40.2 Å². The molecule has 1 fully saturated rings. The Balaban J connectivity index is 0.00000420. The second-order valence-electron chi connectivity index (χ2n) is 7.66. The number of pyridine rings is 1. The van der Waals surface area contributed by atoms with Gasteiger partial charge in [-0.05, 0) is 46.2 Å². The fraction of sp³-hybridized carbons (Fsp3) is 0.714. The SMILES string of the molecule is CCNC(=NCc1ccc(N(CC)CC)nc1)NCC(C)(C)N1CCOCC1.I. The number of nitrogens with one attached hydrogen (secondary N) is 2. The highest BCUT2D eigenvalue weighted by molar-refractivity contribution is 14.0. The number of nitrogens with zero attached hydrogens (tertiary/aromatic N) is 4. The number of anilines is 1. The zero-order valence-electron chi connectivity index (χ0n) is 18.7. The summed E-state index contributed by atoms with van der Waals surface area (Å²) < 4.78 is 5.48. The van der Waals surface area contributed by atoms with Crippen LogP contribution in [0.25, 0.3) is 0 Å². The number of guanidine groups is 1. The summed E-state index contributed by atoms with van der Waals surface area (Å²) in [6.45, 7) is 18.7. The minimum absolute atomic E-state index is 0. The molecule has 2 N–H and O–H groups in total. The Morgan fingerprint density at radius 1 is 1.17 bits per heavy atom. The van der Waals surface area contributed by atoms with Crippen molar-refractivity contribution in [1.82, 2.24) is 20.5 Å². The lowest BCUT2D eigenvalue weighted by Crippen LogP contribution is -2.56. The van der Waals surface area contributed by atoms with Crippen LogP contribution in [0.15, 0.2) is 23.3 Å². The number of hydrogen-bond acceptors (Lipinski definition) is 5. The van der Waals surface area contributed by atoms with E-state index in [4.69, 9.17) is 9.73 Å². The van der Waals surface area contributed by atoms with Gasteiger partial charge in [0.1, 0.15) is 5.82 Å². The molecule has 0 amide bonds. The zero-order valence-corrected chi connectivity index (χ0v) is 21.0. The molecule has 1 aromatic heterocycles. The quantitative estimate of drug-likeness (QED) is 0.298. The number of aliphatic imine (C=N–C) groups is 1. The van der Waals surface area contributed by atoms with Gasteiger partial charge in [0.05, 0.1) is 19.8 Å². The number of hydrogen-bond donors (Lipinski definition) is 2. The van der Waals surface area contributed by atoms with Crippen LogP contribution in [0.4, 0.5) is 5.82 Å². The van der Waals surface area contributed by atoms with Gasteiger partial charge in [0.2, 0.25) is 0 Å². The highest BCUT2D eigenvalue weighted by Crippen LogP contribution is 2.15. The molecule has 0 atom stereocenters. The Hall–Kier alpha value is -1.13. The summed E-state index contributed by atoms with van der Waals surface area (Å²) in [5.41, 5.74) is 1.16. The van der Waals surface area contributed by atoms with Crippen molar-refractivity contribution < 1.29 is 4.74 Å². The molecule has 0 radical (unpaired) electrons. The minimum Gasteiger partial charge on any atom is -0.379 e. The molecule has 2 rings (SSSR count). The van der Waals surface area contributed by atoms with Crippen molar-refractivity contribution in [2.45, 2.75) is 46.7 Å². The molecule has 166 valence electrons. The van der Waals surface area contributed by atoms with Crippen LogP contribution in [-0.4, -0.2) is 73.9 Å². The summed E-state index contributed by atoms with van der Waals surface area (Å²) in [5.74, 6) is 1.87. The summed E-state index contributed by atoms with van der Waals surface area (Å²) in [6.07, 6.45) is 1.93. The predicted octanol–water partition coefficient (Wildman–Crippen LogP) is 2.71. The molecule has 1 aliphatic rings. The van der Waals surface area contributed by atoms with E-state index in [0.717, 1.165) is 69.8 Å². The Bertz CT molecular complexity index is 598. The lowest BCUT2D eigenvalue weighted by Gasteiger charge is -2.41. The third kappa shape index (κ3) is 8.25. The lowest BCUT2D eigenvalue weighted by atomic mass is 10.0. The maximum atomic E-state index is 5.48. The first-order valence-electron chi connectivity index (χ1n) is 10.5. The highest BCUT2D eigenvalue weighted by atomic mass is 127. The number of ether oxygens (including phenoxy) is 1. The van der Waals surface area contributed by atoms with E-state index in [1.807, 2.05) is 6.20 Å². The van der Waals surface area contributed by atoms with Crippen molar-refractivity contribution >= 4 is 35.8 Å². The molecule has 0 spiro atoms. The standard InChI is InChI=1S/C21H38N6O.HI/c1-6-22-20(25-17-21(4,5)27-11-13-28-14-12-27)24-16-18-9-10-19(23-15-18)26(7-2)8-3;/h9-10,15H,6-8,11-14,16-17H2,1-5H3,(H2,22,24,25);1H. The van der Waals surface area contributed by atoms with Crippen molar-refractivity contribution in [3.63, 3.8) is 0 Å². The van der Waals surface area contributed by atoms with Gasteiger partial charge in [0.15, 0.2) is 5.96 Å². The molecule has 0 aromatic carbocycles. The Morgan fingerprint density at radius 3 is 2.41 bits per heavy atom.